The Morgan fingerprint density at radius 1 is 1.03 bits per heavy atom. The van der Waals surface area contributed by atoms with Crippen molar-refractivity contribution in [1.82, 2.24) is 4.90 Å². The second-order valence-electron chi connectivity index (χ2n) is 4.96. The monoisotopic (exact) mass is 551 g/mol. The van der Waals surface area contributed by atoms with Gasteiger partial charge in [0.2, 0.25) is 0 Å². The first-order chi connectivity index (χ1) is 14.4. The van der Waals surface area contributed by atoms with Gasteiger partial charge in [-0.1, -0.05) is 0 Å². The fourth-order valence-corrected chi connectivity index (χ4v) is 1.92. The summed E-state index contributed by atoms with van der Waals surface area (Å²) >= 11 is 5.00. The quantitative estimate of drug-likeness (QED) is 0.169. The molecular weight excluding hydrogens is 530 g/mol. The molecule has 0 N–H and O–H groups in total. The summed E-state index contributed by atoms with van der Waals surface area (Å²) in [5, 5.41) is 0. The average molecular weight is 551 g/mol. The molecule has 0 radical (unpaired) electrons. The smallest absolute Gasteiger partial charge is 0 e. The fraction of sp³-hybridized carbons (Fsp3) is 0.474. The van der Waals surface area contributed by atoms with E-state index in [1.807, 2.05) is 20.8 Å². The van der Waals surface area contributed by atoms with Gasteiger partial charge in [0, 0.05) is 46.7 Å². The molecule has 1 aliphatic rings. The summed E-state index contributed by atoms with van der Waals surface area (Å²) in [4.78, 5) is 22.4. The van der Waals surface area contributed by atoms with Gasteiger partial charge in [-0.05, 0) is 39.9 Å². The van der Waals surface area contributed by atoms with Crippen molar-refractivity contribution in [1.29, 1.82) is 0 Å². The zero-order valence-corrected chi connectivity index (χ0v) is 20.5. The Bertz CT molecular complexity index is 472. The van der Waals surface area contributed by atoms with Crippen LogP contribution in [0.25, 0.3) is 0 Å². The number of hydrogen-bond acceptors (Lipinski definition) is 4. The maximum absolute atomic E-state index is 11.7. The molecule has 1 fully saturated rings. The molecule has 1 atom stereocenters. The summed E-state index contributed by atoms with van der Waals surface area (Å²) < 4.78 is 50.3. The summed E-state index contributed by atoms with van der Waals surface area (Å²) in [5.41, 5.74) is -0.411. The first-order valence-corrected chi connectivity index (χ1v) is 7.72. The number of likely N-dealkylation sites (tertiary alicyclic amines) is 1. The molecule has 1 saturated heterocycles. The molecular formula is C19H21Fe2NO9S-2. The Morgan fingerprint density at radius 3 is 1.56 bits per heavy atom. The van der Waals surface area contributed by atoms with Crippen LogP contribution in [0.5, 0.6) is 0 Å². The first-order valence-electron chi connectivity index (χ1n) is 7.14. The first kappa shape index (κ1) is 57.4. The van der Waals surface area contributed by atoms with Crippen molar-refractivity contribution in [2.24, 2.45) is 0 Å². The van der Waals surface area contributed by atoms with Crippen molar-refractivity contribution in [3.63, 3.8) is 0 Å². The van der Waals surface area contributed by atoms with Gasteiger partial charge in [0.15, 0.2) is 0 Å². The number of hydrogen-bond donors (Lipinski definition) is 0. The molecule has 0 spiro atoms. The van der Waals surface area contributed by atoms with E-state index in [9.17, 15) is 4.79 Å². The van der Waals surface area contributed by atoms with Crippen LogP contribution < -0.4 is 0 Å². The standard InChI is InChI=1S/C10H19NO2S.C3H3O.6CO.2Fe/c1-10(2,3)13-9(12)11-6-4-5-8(11)7-14;1-2-3-4;6*1-2;;/h8,14H,4-7H2,1-3H3;2H,1H2;;;;;;;;/q;-1;;;;;;;;/p-1/t8-;;;;;;;;;/m0........./s1. The van der Waals surface area contributed by atoms with Crippen LogP contribution in [0, 0.1) is 39.9 Å². The molecule has 0 unspecified atom stereocenters. The van der Waals surface area contributed by atoms with Crippen molar-refractivity contribution < 1.29 is 76.4 Å². The molecule has 32 heavy (non-hydrogen) atoms. The molecule has 13 heteroatoms. The predicted octanol–water partition coefficient (Wildman–Crippen LogP) is 1.98. The van der Waals surface area contributed by atoms with E-state index in [-0.39, 0.29) is 46.3 Å². The summed E-state index contributed by atoms with van der Waals surface area (Å²) in [6, 6.07) is 0.208. The van der Waals surface area contributed by atoms with Gasteiger partial charge in [-0.3, -0.25) is 0 Å². The molecule has 1 aliphatic heterocycles. The van der Waals surface area contributed by atoms with E-state index in [0.717, 1.165) is 25.5 Å². The Kier molecular flexibility index (Phi) is 102. The van der Waals surface area contributed by atoms with Crippen LogP contribution in [-0.4, -0.2) is 41.2 Å². The van der Waals surface area contributed by atoms with Crippen LogP contribution in [0.4, 0.5) is 4.79 Å². The van der Waals surface area contributed by atoms with Crippen LogP contribution in [0.15, 0.2) is 12.7 Å². The van der Waals surface area contributed by atoms with E-state index in [1.54, 1.807) is 4.90 Å². The maximum Gasteiger partial charge on any atom is 0 e. The summed E-state index contributed by atoms with van der Waals surface area (Å²) in [6.07, 6.45) is 4.35. The van der Waals surface area contributed by atoms with Crippen LogP contribution in [0.2, 0.25) is 0 Å². The molecule has 0 aromatic rings. The topological polar surface area (TPSA) is 166 Å². The van der Waals surface area contributed by atoms with Crippen molar-refractivity contribution >= 4 is 25.0 Å². The number of carbonyl (C=O) groups excluding carboxylic acids is 2. The molecule has 0 aromatic heterocycles. The molecule has 1 rings (SSSR count). The molecule has 0 aromatic carbocycles. The third-order valence-electron chi connectivity index (χ3n) is 2.28. The number of rotatable bonds is 2. The fourth-order valence-electron chi connectivity index (χ4n) is 1.57. The Labute approximate surface area is 215 Å². The van der Waals surface area contributed by atoms with Gasteiger partial charge in [-0.2, -0.15) is 5.75 Å². The van der Waals surface area contributed by atoms with Crippen LogP contribution >= 0.6 is 0 Å². The van der Waals surface area contributed by atoms with Gasteiger partial charge in [0.1, 0.15) is 5.60 Å². The minimum atomic E-state index is -0.411. The zero-order valence-electron chi connectivity index (χ0n) is 17.4. The Morgan fingerprint density at radius 2 is 1.34 bits per heavy atom. The second kappa shape index (κ2) is 57.0. The van der Waals surface area contributed by atoms with Crippen molar-refractivity contribution in [3.05, 3.63) is 52.6 Å². The summed E-state index contributed by atoms with van der Waals surface area (Å²) in [7, 11) is 0. The molecule has 1 amide bonds. The van der Waals surface area contributed by atoms with Gasteiger partial charge in [-0.25, -0.2) is 17.4 Å². The van der Waals surface area contributed by atoms with E-state index in [0.29, 0.717) is 5.75 Å². The minimum absolute atomic E-state index is 0. The average Bonchev–Trinajstić information content (AvgIpc) is 3.30. The number of allylic oxidation sites excluding steroid dienone is 1. The Hall–Kier alpha value is -1.49. The summed E-state index contributed by atoms with van der Waals surface area (Å²) in [6.45, 7) is 36.5. The molecule has 0 saturated carbocycles. The maximum atomic E-state index is 11.7. The van der Waals surface area contributed by atoms with E-state index in [1.165, 1.54) is 6.29 Å². The predicted molar refractivity (Wildman–Crippen MR) is 97.7 cm³/mol. The molecule has 0 bridgehead atoms. The third-order valence-corrected chi connectivity index (χ3v) is 2.67. The summed E-state index contributed by atoms with van der Waals surface area (Å²) in [5.74, 6) is 0.610. The van der Waals surface area contributed by atoms with E-state index >= 15 is 0 Å². The SMILES string of the molecule is C=C[C-]=O.CC(C)(C)OC(=O)N1CCC[C@H]1C[S-].[C-]#[O+].[C-]#[O+].[C-]#[O+].[C-]#[O+].[C-]#[O+].[C-]#[O+].[Fe].[Fe]. The van der Waals surface area contributed by atoms with Crippen molar-refractivity contribution in [2.75, 3.05) is 12.3 Å². The second-order valence-corrected chi connectivity index (χ2v) is 5.29. The van der Waals surface area contributed by atoms with Gasteiger partial charge in [0.25, 0.3) is 0 Å². The molecule has 180 valence electrons. The number of nitrogens with zero attached hydrogens (tertiary/aromatic N) is 1. The van der Waals surface area contributed by atoms with Gasteiger partial charge in [-0.15, -0.1) is 0 Å². The van der Waals surface area contributed by atoms with Crippen molar-refractivity contribution in [2.45, 2.75) is 45.3 Å². The van der Waals surface area contributed by atoms with E-state index < -0.39 is 5.60 Å². The normalized spacial score (nSPS) is 10.9. The van der Waals surface area contributed by atoms with E-state index in [4.69, 9.17) is 50.1 Å². The van der Waals surface area contributed by atoms with Crippen LogP contribution in [0.1, 0.15) is 33.6 Å². The van der Waals surface area contributed by atoms with Crippen molar-refractivity contribution in [3.8, 4) is 0 Å². The van der Waals surface area contributed by atoms with Gasteiger partial charge >= 0.3 is 73.9 Å². The third kappa shape index (κ3) is 51.3. The van der Waals surface area contributed by atoms with Gasteiger partial charge in [0.05, 0.1) is 0 Å². The van der Waals surface area contributed by atoms with Crippen LogP contribution in [-0.2, 0) is 84.2 Å². The number of amides is 1. The Balaban J connectivity index is -0.0000000356. The molecule has 1 heterocycles. The largest absolute Gasteiger partial charge is 0 e. The molecule has 0 aliphatic carbocycles. The number of ether oxygens (including phenoxy) is 1. The molecule has 10 nitrogen and oxygen atoms in total. The zero-order chi connectivity index (χ0) is 26.2. The minimum Gasteiger partial charge on any atom is 0 e. The van der Waals surface area contributed by atoms with Crippen LogP contribution in [0.3, 0.4) is 0 Å². The van der Waals surface area contributed by atoms with E-state index in [2.05, 4.69) is 46.5 Å². The van der Waals surface area contributed by atoms with Gasteiger partial charge < -0.3 is 27.1 Å². The number of carbonyl (C=O) groups is 1.